The summed E-state index contributed by atoms with van der Waals surface area (Å²) in [7, 11) is 0. The van der Waals surface area contributed by atoms with Gasteiger partial charge in [0, 0.05) is 5.56 Å². The third-order valence-electron chi connectivity index (χ3n) is 8.30. The standard InChI is InChI=1S/C34H44O/c1-3-5-8-27-11-17-30(18-12-27)31-19-13-28(14-20-31)9-6-7-10-29-15-21-32(22-16-29)33-23-25-34(26-24-33)35-4-2/h7,10,13-14,19-20,23-27,29-30,32H,3-5,8,11-12,15-18,21-22H2,1-2H3/t27-,29-,30-,32-. The van der Waals surface area contributed by atoms with E-state index in [2.05, 4.69) is 79.4 Å². The van der Waals surface area contributed by atoms with Gasteiger partial charge in [0.2, 0.25) is 0 Å². The number of hydrogen-bond donors (Lipinski definition) is 0. The average Bonchev–Trinajstić information content (AvgIpc) is 2.92. The van der Waals surface area contributed by atoms with E-state index in [9.17, 15) is 0 Å². The molecule has 4 rings (SSSR count). The van der Waals surface area contributed by atoms with Crippen molar-refractivity contribution in [3.8, 4) is 17.6 Å². The van der Waals surface area contributed by atoms with Gasteiger partial charge in [-0.05, 0) is 123 Å². The molecular weight excluding hydrogens is 424 g/mol. The fourth-order valence-corrected chi connectivity index (χ4v) is 6.07. The Bertz CT molecular complexity index is 956. The summed E-state index contributed by atoms with van der Waals surface area (Å²) >= 11 is 0. The molecule has 0 unspecified atom stereocenters. The van der Waals surface area contributed by atoms with Crippen LogP contribution in [0.5, 0.6) is 5.75 Å². The van der Waals surface area contributed by atoms with Gasteiger partial charge in [0.25, 0.3) is 0 Å². The quantitative estimate of drug-likeness (QED) is 0.351. The number of rotatable bonds is 8. The number of hydrogen-bond acceptors (Lipinski definition) is 1. The van der Waals surface area contributed by atoms with Gasteiger partial charge < -0.3 is 4.74 Å². The molecule has 2 aromatic carbocycles. The SMILES string of the molecule is CCCC[C@H]1CC[C@H](c2ccc(C#CC=C[C@H]3CC[C@H](c4ccc(OCC)cc4)CC3)cc2)CC1. The summed E-state index contributed by atoms with van der Waals surface area (Å²) in [6.07, 6.45) is 19.2. The van der Waals surface area contributed by atoms with E-state index in [1.807, 2.05) is 6.92 Å². The first kappa shape index (κ1) is 25.6. The Labute approximate surface area is 214 Å². The molecule has 1 nitrogen and oxygen atoms in total. The fraction of sp³-hybridized carbons (Fsp3) is 0.529. The smallest absolute Gasteiger partial charge is 0.119 e. The second kappa shape index (κ2) is 13.6. The molecule has 0 radical (unpaired) electrons. The summed E-state index contributed by atoms with van der Waals surface area (Å²) in [6, 6.07) is 17.8. The zero-order valence-corrected chi connectivity index (χ0v) is 22.0. The van der Waals surface area contributed by atoms with Crippen LogP contribution in [0.4, 0.5) is 0 Å². The monoisotopic (exact) mass is 468 g/mol. The first-order valence-corrected chi connectivity index (χ1v) is 14.3. The number of unbranched alkanes of at least 4 members (excludes halogenated alkanes) is 1. The highest BCUT2D eigenvalue weighted by atomic mass is 16.5. The fourth-order valence-electron chi connectivity index (χ4n) is 6.07. The molecule has 0 amide bonds. The van der Waals surface area contributed by atoms with Crippen molar-refractivity contribution in [1.29, 1.82) is 0 Å². The molecule has 0 saturated heterocycles. The lowest BCUT2D eigenvalue weighted by Crippen LogP contribution is -2.13. The molecule has 2 aliphatic carbocycles. The summed E-state index contributed by atoms with van der Waals surface area (Å²) in [5.74, 6) is 10.7. The van der Waals surface area contributed by atoms with E-state index in [0.29, 0.717) is 11.8 Å². The Kier molecular flexibility index (Phi) is 9.94. The first-order chi connectivity index (χ1) is 17.2. The molecule has 186 valence electrons. The summed E-state index contributed by atoms with van der Waals surface area (Å²) in [5, 5.41) is 0. The molecule has 1 heteroatoms. The number of ether oxygens (including phenoxy) is 1. The zero-order chi connectivity index (χ0) is 24.3. The van der Waals surface area contributed by atoms with E-state index in [1.54, 1.807) is 0 Å². The molecule has 2 fully saturated rings. The van der Waals surface area contributed by atoms with Gasteiger partial charge in [-0.15, -0.1) is 0 Å². The summed E-state index contributed by atoms with van der Waals surface area (Å²) < 4.78 is 5.58. The Morgan fingerprint density at radius 2 is 1.37 bits per heavy atom. The van der Waals surface area contributed by atoms with Crippen molar-refractivity contribution in [3.05, 3.63) is 77.4 Å². The van der Waals surface area contributed by atoms with Crippen molar-refractivity contribution in [3.63, 3.8) is 0 Å². The van der Waals surface area contributed by atoms with Crippen molar-refractivity contribution >= 4 is 0 Å². The lowest BCUT2D eigenvalue weighted by Gasteiger charge is -2.28. The van der Waals surface area contributed by atoms with Crippen molar-refractivity contribution in [2.75, 3.05) is 6.61 Å². The highest BCUT2D eigenvalue weighted by Gasteiger charge is 2.22. The second-order valence-corrected chi connectivity index (χ2v) is 10.7. The molecule has 0 heterocycles. The molecule has 2 aliphatic rings. The van der Waals surface area contributed by atoms with E-state index in [-0.39, 0.29) is 0 Å². The van der Waals surface area contributed by atoms with E-state index in [1.165, 1.54) is 81.8 Å². The Morgan fingerprint density at radius 3 is 1.97 bits per heavy atom. The van der Waals surface area contributed by atoms with Crippen molar-refractivity contribution in [2.24, 2.45) is 11.8 Å². The van der Waals surface area contributed by atoms with E-state index < -0.39 is 0 Å². The zero-order valence-electron chi connectivity index (χ0n) is 22.0. The summed E-state index contributed by atoms with van der Waals surface area (Å²) in [4.78, 5) is 0. The maximum atomic E-state index is 5.58. The second-order valence-electron chi connectivity index (χ2n) is 10.7. The van der Waals surface area contributed by atoms with Crippen LogP contribution in [0, 0.1) is 23.7 Å². The van der Waals surface area contributed by atoms with E-state index >= 15 is 0 Å². The van der Waals surface area contributed by atoms with Crippen LogP contribution in [-0.4, -0.2) is 6.61 Å². The van der Waals surface area contributed by atoms with Gasteiger partial charge in [0.05, 0.1) is 6.61 Å². The van der Waals surface area contributed by atoms with Crippen LogP contribution in [0.2, 0.25) is 0 Å². The van der Waals surface area contributed by atoms with Crippen molar-refractivity contribution in [1.82, 2.24) is 0 Å². The average molecular weight is 469 g/mol. The minimum Gasteiger partial charge on any atom is -0.494 e. The van der Waals surface area contributed by atoms with Crippen LogP contribution in [0.1, 0.15) is 113 Å². The molecule has 0 bridgehead atoms. The number of allylic oxidation sites excluding steroid dienone is 2. The largest absolute Gasteiger partial charge is 0.494 e. The number of benzene rings is 2. The molecule has 0 atom stereocenters. The Balaban J connectivity index is 1.20. The molecule has 0 N–H and O–H groups in total. The van der Waals surface area contributed by atoms with Crippen molar-refractivity contribution in [2.45, 2.75) is 96.3 Å². The third-order valence-corrected chi connectivity index (χ3v) is 8.30. The van der Waals surface area contributed by atoms with Crippen LogP contribution in [0.25, 0.3) is 0 Å². The summed E-state index contributed by atoms with van der Waals surface area (Å²) in [5.41, 5.74) is 4.11. The molecule has 35 heavy (non-hydrogen) atoms. The molecule has 0 aliphatic heterocycles. The van der Waals surface area contributed by atoms with Gasteiger partial charge in [-0.25, -0.2) is 0 Å². The highest BCUT2D eigenvalue weighted by Crippen LogP contribution is 2.38. The molecule has 0 aromatic heterocycles. The predicted octanol–water partition coefficient (Wildman–Crippen LogP) is 9.43. The summed E-state index contributed by atoms with van der Waals surface area (Å²) in [6.45, 7) is 5.07. The van der Waals surface area contributed by atoms with Crippen LogP contribution in [0.15, 0.2) is 60.7 Å². The normalized spacial score (nSPS) is 24.6. The lowest BCUT2D eigenvalue weighted by atomic mass is 9.77. The first-order valence-electron chi connectivity index (χ1n) is 14.3. The lowest BCUT2D eigenvalue weighted by molar-refractivity contribution is 0.304. The third kappa shape index (κ3) is 7.76. The predicted molar refractivity (Wildman–Crippen MR) is 149 cm³/mol. The minimum absolute atomic E-state index is 0.665. The van der Waals surface area contributed by atoms with Crippen LogP contribution in [-0.2, 0) is 0 Å². The molecular formula is C34H44O. The topological polar surface area (TPSA) is 9.23 Å². The van der Waals surface area contributed by atoms with Crippen LogP contribution < -0.4 is 4.74 Å². The van der Waals surface area contributed by atoms with Crippen LogP contribution in [0.3, 0.4) is 0 Å². The van der Waals surface area contributed by atoms with Gasteiger partial charge in [-0.1, -0.05) is 68.4 Å². The van der Waals surface area contributed by atoms with Gasteiger partial charge in [0.15, 0.2) is 0 Å². The molecule has 2 saturated carbocycles. The van der Waals surface area contributed by atoms with Gasteiger partial charge in [-0.2, -0.15) is 0 Å². The van der Waals surface area contributed by atoms with Gasteiger partial charge in [0.1, 0.15) is 5.75 Å². The maximum absolute atomic E-state index is 5.58. The van der Waals surface area contributed by atoms with E-state index in [0.717, 1.165) is 29.8 Å². The maximum Gasteiger partial charge on any atom is 0.119 e. The highest BCUT2D eigenvalue weighted by molar-refractivity contribution is 5.39. The van der Waals surface area contributed by atoms with Crippen LogP contribution >= 0.6 is 0 Å². The Hall–Kier alpha value is -2.46. The Morgan fingerprint density at radius 1 is 0.771 bits per heavy atom. The molecule has 0 spiro atoms. The van der Waals surface area contributed by atoms with E-state index in [4.69, 9.17) is 4.74 Å². The molecule has 2 aromatic rings. The van der Waals surface area contributed by atoms with Crippen molar-refractivity contribution < 1.29 is 4.74 Å². The minimum atomic E-state index is 0.665. The van der Waals surface area contributed by atoms with Gasteiger partial charge >= 0.3 is 0 Å². The van der Waals surface area contributed by atoms with Gasteiger partial charge in [-0.3, -0.25) is 0 Å².